The summed E-state index contributed by atoms with van der Waals surface area (Å²) >= 11 is 0. The van der Waals surface area contributed by atoms with E-state index in [1.165, 1.54) is 0 Å². The number of hydrogen-bond donors (Lipinski definition) is 0. The van der Waals surface area contributed by atoms with Gasteiger partial charge in [0.1, 0.15) is 5.92 Å². The van der Waals surface area contributed by atoms with Crippen LogP contribution in [0.25, 0.3) is 0 Å². The molecule has 2 rings (SSSR count). The summed E-state index contributed by atoms with van der Waals surface area (Å²) in [6.07, 6.45) is 0.998. The molecule has 98 valence electrons. The topological polar surface area (TPSA) is 61.2 Å². The Hall–Kier alpha value is -1.37. The van der Waals surface area contributed by atoms with Crippen molar-refractivity contribution in [3.8, 4) is 6.07 Å². The van der Waals surface area contributed by atoms with Crippen LogP contribution in [0.5, 0.6) is 0 Å². The van der Waals surface area contributed by atoms with Crippen LogP contribution in [0.3, 0.4) is 0 Å². The number of carbonyl (C=O) groups excluding carboxylic acids is 2. The Morgan fingerprint density at radius 2 is 1.94 bits per heavy atom. The summed E-state index contributed by atoms with van der Waals surface area (Å²) < 4.78 is 0. The Kier molecular flexibility index (Phi) is 2.77. The first-order valence-corrected chi connectivity index (χ1v) is 6.40. The fourth-order valence-corrected chi connectivity index (χ4v) is 3.93. The number of nitrogens with zero attached hydrogens (tertiary/aromatic N) is 2. The van der Waals surface area contributed by atoms with Crippen LogP contribution < -0.4 is 0 Å². The number of nitriles is 1. The van der Waals surface area contributed by atoms with Gasteiger partial charge in [-0.3, -0.25) is 9.59 Å². The SMILES string of the molecule is CN1CC2(C)CC(C#N)C(=O)C(C)(C)[C@@H]2CC1=O. The average Bonchev–Trinajstić information content (AvgIpc) is 2.28. The molecule has 0 aromatic rings. The van der Waals surface area contributed by atoms with E-state index in [-0.39, 0.29) is 23.0 Å². The fraction of sp³-hybridized carbons (Fsp3) is 0.786. The number of likely N-dealkylation sites (tertiary alicyclic amines) is 1. The van der Waals surface area contributed by atoms with Gasteiger partial charge in [0.15, 0.2) is 5.78 Å². The first-order chi connectivity index (χ1) is 8.22. The van der Waals surface area contributed by atoms with Gasteiger partial charge in [-0.05, 0) is 17.8 Å². The Morgan fingerprint density at radius 1 is 1.33 bits per heavy atom. The highest BCUT2D eigenvalue weighted by molar-refractivity contribution is 5.91. The molecule has 1 saturated heterocycles. The van der Waals surface area contributed by atoms with E-state index in [1.54, 1.807) is 11.9 Å². The van der Waals surface area contributed by atoms with Crippen LogP contribution in [0.2, 0.25) is 0 Å². The normalized spacial score (nSPS) is 39.2. The monoisotopic (exact) mass is 248 g/mol. The summed E-state index contributed by atoms with van der Waals surface area (Å²) in [5, 5.41) is 9.16. The molecule has 2 fully saturated rings. The second-order valence-electron chi connectivity index (χ2n) is 6.63. The number of Topliss-reactive ketones (excluding diaryl/α,β-unsaturated/α-hetero) is 1. The lowest BCUT2D eigenvalue weighted by Gasteiger charge is -2.55. The van der Waals surface area contributed by atoms with Gasteiger partial charge in [0.25, 0.3) is 0 Å². The van der Waals surface area contributed by atoms with Gasteiger partial charge in [0.05, 0.1) is 6.07 Å². The lowest BCUT2D eigenvalue weighted by Crippen LogP contribution is -2.59. The smallest absolute Gasteiger partial charge is 0.222 e. The quantitative estimate of drug-likeness (QED) is 0.654. The summed E-state index contributed by atoms with van der Waals surface area (Å²) in [7, 11) is 1.80. The molecule has 0 bridgehead atoms. The number of carbonyl (C=O) groups is 2. The first-order valence-electron chi connectivity index (χ1n) is 6.40. The maximum Gasteiger partial charge on any atom is 0.222 e. The molecule has 2 aliphatic rings. The fourth-order valence-electron chi connectivity index (χ4n) is 3.93. The van der Waals surface area contributed by atoms with Crippen molar-refractivity contribution in [3.63, 3.8) is 0 Å². The molecule has 0 aromatic heterocycles. The van der Waals surface area contributed by atoms with E-state index in [1.807, 2.05) is 13.8 Å². The van der Waals surface area contributed by atoms with Crippen molar-refractivity contribution in [3.05, 3.63) is 0 Å². The van der Waals surface area contributed by atoms with Crippen molar-refractivity contribution >= 4 is 11.7 Å². The third-order valence-corrected chi connectivity index (χ3v) is 4.89. The summed E-state index contributed by atoms with van der Waals surface area (Å²) in [5.74, 6) is -0.368. The third kappa shape index (κ3) is 1.65. The molecule has 4 heteroatoms. The second-order valence-corrected chi connectivity index (χ2v) is 6.63. The Labute approximate surface area is 108 Å². The Balaban J connectivity index is 2.43. The van der Waals surface area contributed by atoms with Crippen LogP contribution in [-0.2, 0) is 9.59 Å². The van der Waals surface area contributed by atoms with Crippen LogP contribution in [0.1, 0.15) is 33.6 Å². The van der Waals surface area contributed by atoms with E-state index in [0.717, 1.165) is 0 Å². The zero-order valence-electron chi connectivity index (χ0n) is 11.5. The number of ketones is 1. The van der Waals surface area contributed by atoms with Crippen LogP contribution in [0.15, 0.2) is 0 Å². The van der Waals surface area contributed by atoms with Gasteiger partial charge >= 0.3 is 0 Å². The minimum atomic E-state index is -0.579. The molecule has 0 spiro atoms. The van der Waals surface area contributed by atoms with E-state index in [0.29, 0.717) is 19.4 Å². The Morgan fingerprint density at radius 3 is 2.50 bits per heavy atom. The van der Waals surface area contributed by atoms with Gasteiger partial charge in [-0.1, -0.05) is 20.8 Å². The number of amides is 1. The first kappa shape index (κ1) is 13.1. The predicted octanol–water partition coefficient (Wildman–Crippen LogP) is 1.61. The molecule has 2 unspecified atom stereocenters. The van der Waals surface area contributed by atoms with Gasteiger partial charge < -0.3 is 4.90 Å². The molecule has 0 radical (unpaired) electrons. The standard InChI is InChI=1S/C14H20N2O2/c1-13(2)10-5-11(17)16(4)8-14(10,3)6-9(7-15)12(13)18/h9-10H,5-6,8H2,1-4H3/t9?,10-,14?/m0/s1. The van der Waals surface area contributed by atoms with E-state index in [9.17, 15) is 9.59 Å². The van der Waals surface area contributed by atoms with Crippen molar-refractivity contribution in [2.24, 2.45) is 22.7 Å². The van der Waals surface area contributed by atoms with Crippen molar-refractivity contribution in [2.45, 2.75) is 33.6 Å². The minimum absolute atomic E-state index is 0.00447. The largest absolute Gasteiger partial charge is 0.345 e. The molecule has 4 nitrogen and oxygen atoms in total. The molecule has 18 heavy (non-hydrogen) atoms. The molecule has 1 heterocycles. The summed E-state index contributed by atoms with van der Waals surface area (Å²) in [5.41, 5.74) is -0.704. The molecular formula is C14H20N2O2. The van der Waals surface area contributed by atoms with E-state index < -0.39 is 11.3 Å². The lowest BCUT2D eigenvalue weighted by molar-refractivity contribution is -0.158. The van der Waals surface area contributed by atoms with Gasteiger partial charge in [-0.15, -0.1) is 0 Å². The van der Waals surface area contributed by atoms with Crippen LogP contribution in [0.4, 0.5) is 0 Å². The summed E-state index contributed by atoms with van der Waals surface area (Å²) in [4.78, 5) is 25.9. The highest BCUT2D eigenvalue weighted by atomic mass is 16.2. The maximum absolute atomic E-state index is 12.3. The van der Waals surface area contributed by atoms with Crippen LogP contribution in [0, 0.1) is 34.0 Å². The molecule has 1 aliphatic heterocycles. The van der Waals surface area contributed by atoms with E-state index in [2.05, 4.69) is 13.0 Å². The van der Waals surface area contributed by atoms with E-state index >= 15 is 0 Å². The number of fused-ring (bicyclic) bond motifs is 1. The van der Waals surface area contributed by atoms with Gasteiger partial charge in [0.2, 0.25) is 5.91 Å². The van der Waals surface area contributed by atoms with Crippen LogP contribution in [-0.4, -0.2) is 30.2 Å². The number of hydrogen-bond acceptors (Lipinski definition) is 3. The van der Waals surface area contributed by atoms with Crippen LogP contribution >= 0.6 is 0 Å². The second kappa shape index (κ2) is 3.81. The molecule has 1 saturated carbocycles. The van der Waals surface area contributed by atoms with E-state index in [4.69, 9.17) is 5.26 Å². The molecule has 3 atom stereocenters. The zero-order valence-corrected chi connectivity index (χ0v) is 11.5. The number of rotatable bonds is 0. The molecule has 0 aromatic carbocycles. The van der Waals surface area contributed by atoms with Crippen molar-refractivity contribution in [1.29, 1.82) is 5.26 Å². The zero-order chi connectivity index (χ0) is 13.7. The van der Waals surface area contributed by atoms with Crippen molar-refractivity contribution in [2.75, 3.05) is 13.6 Å². The average molecular weight is 248 g/mol. The highest BCUT2D eigenvalue weighted by Gasteiger charge is 2.57. The molecular weight excluding hydrogens is 228 g/mol. The predicted molar refractivity (Wildman–Crippen MR) is 66.4 cm³/mol. The maximum atomic E-state index is 12.3. The molecule has 1 aliphatic carbocycles. The molecule has 0 N–H and O–H groups in total. The van der Waals surface area contributed by atoms with Crippen molar-refractivity contribution in [1.82, 2.24) is 4.90 Å². The summed E-state index contributed by atoms with van der Waals surface area (Å²) in [6.45, 7) is 6.53. The van der Waals surface area contributed by atoms with Gasteiger partial charge in [-0.25, -0.2) is 0 Å². The highest BCUT2D eigenvalue weighted by Crippen LogP contribution is 2.54. The minimum Gasteiger partial charge on any atom is -0.345 e. The van der Waals surface area contributed by atoms with Gasteiger partial charge in [-0.2, -0.15) is 5.26 Å². The Bertz CT molecular complexity index is 449. The van der Waals surface area contributed by atoms with Gasteiger partial charge in [0, 0.05) is 25.4 Å². The van der Waals surface area contributed by atoms with Crippen molar-refractivity contribution < 1.29 is 9.59 Å². The lowest BCUT2D eigenvalue weighted by atomic mass is 9.51. The summed E-state index contributed by atoms with van der Waals surface area (Å²) in [6, 6.07) is 2.14. The molecule has 1 amide bonds. The number of piperidine rings is 1. The third-order valence-electron chi connectivity index (χ3n) is 4.89.